The van der Waals surface area contributed by atoms with Crippen LogP contribution in [-0.4, -0.2) is 11.7 Å². The minimum atomic E-state index is -0.0694. The molecule has 1 aromatic carbocycles. The van der Waals surface area contributed by atoms with Crippen molar-refractivity contribution < 1.29 is 9.59 Å². The van der Waals surface area contributed by atoms with Crippen LogP contribution in [0.3, 0.4) is 0 Å². The van der Waals surface area contributed by atoms with Crippen molar-refractivity contribution in [1.29, 1.82) is 0 Å². The Morgan fingerprint density at radius 1 is 1.17 bits per heavy atom. The molecule has 98 valence electrons. The molecule has 0 unspecified atom stereocenters. The Morgan fingerprint density at radius 2 is 1.83 bits per heavy atom. The van der Waals surface area contributed by atoms with Crippen molar-refractivity contribution in [2.45, 2.75) is 34.1 Å². The first kappa shape index (κ1) is 14.4. The summed E-state index contributed by atoms with van der Waals surface area (Å²) in [6, 6.07) is 7.12. The fourth-order valence-corrected chi connectivity index (χ4v) is 1.55. The van der Waals surface area contributed by atoms with Gasteiger partial charge in [0, 0.05) is 23.6 Å². The van der Waals surface area contributed by atoms with Crippen molar-refractivity contribution in [3.8, 4) is 0 Å². The Bertz CT molecular complexity index is 436. The van der Waals surface area contributed by atoms with Gasteiger partial charge >= 0.3 is 0 Å². The van der Waals surface area contributed by atoms with E-state index in [1.165, 1.54) is 0 Å². The van der Waals surface area contributed by atoms with Gasteiger partial charge in [-0.3, -0.25) is 9.59 Å². The summed E-state index contributed by atoms with van der Waals surface area (Å²) in [4.78, 5) is 23.5. The molecular formula is C15H21NO2. The van der Waals surface area contributed by atoms with E-state index in [0.717, 1.165) is 0 Å². The molecule has 0 atom stereocenters. The molecule has 0 aromatic heterocycles. The predicted octanol–water partition coefficient (Wildman–Crippen LogP) is 3.51. The number of anilines is 1. The highest BCUT2D eigenvalue weighted by atomic mass is 16.1. The average Bonchev–Trinajstić information content (AvgIpc) is 2.28. The Hall–Kier alpha value is -1.64. The van der Waals surface area contributed by atoms with E-state index >= 15 is 0 Å². The standard InChI is InChI=1S/C15H21NO2/c1-10(2)8-14(17)12-6-5-7-13(9-12)16-15(18)11(3)4/h5-7,9-11H,8H2,1-4H3,(H,16,18). The van der Waals surface area contributed by atoms with Crippen molar-refractivity contribution in [2.75, 3.05) is 5.32 Å². The van der Waals surface area contributed by atoms with Crippen LogP contribution in [0, 0.1) is 11.8 Å². The van der Waals surface area contributed by atoms with Crippen molar-refractivity contribution in [1.82, 2.24) is 0 Å². The lowest BCUT2D eigenvalue weighted by Gasteiger charge is -2.09. The summed E-state index contributed by atoms with van der Waals surface area (Å²) in [5, 5.41) is 2.80. The molecule has 0 aliphatic carbocycles. The van der Waals surface area contributed by atoms with Gasteiger partial charge in [-0.2, -0.15) is 0 Å². The Labute approximate surface area is 109 Å². The van der Waals surface area contributed by atoms with E-state index in [-0.39, 0.29) is 17.6 Å². The summed E-state index contributed by atoms with van der Waals surface area (Å²) in [6.45, 7) is 7.71. The molecule has 0 aliphatic heterocycles. The van der Waals surface area contributed by atoms with E-state index in [2.05, 4.69) is 5.32 Å². The number of hydrogen-bond donors (Lipinski definition) is 1. The third-order valence-electron chi connectivity index (χ3n) is 2.57. The molecule has 1 amide bonds. The predicted molar refractivity (Wildman–Crippen MR) is 73.7 cm³/mol. The maximum Gasteiger partial charge on any atom is 0.226 e. The first-order valence-electron chi connectivity index (χ1n) is 6.34. The molecule has 0 saturated heterocycles. The topological polar surface area (TPSA) is 46.2 Å². The molecule has 0 heterocycles. The number of nitrogens with one attached hydrogen (secondary N) is 1. The van der Waals surface area contributed by atoms with Gasteiger partial charge in [-0.15, -0.1) is 0 Å². The molecule has 3 nitrogen and oxygen atoms in total. The van der Waals surface area contributed by atoms with Crippen molar-refractivity contribution in [3.63, 3.8) is 0 Å². The second-order valence-electron chi connectivity index (χ2n) is 5.25. The van der Waals surface area contributed by atoms with Crippen LogP contribution in [0.2, 0.25) is 0 Å². The zero-order chi connectivity index (χ0) is 13.7. The third kappa shape index (κ3) is 4.32. The number of carbonyl (C=O) groups excluding carboxylic acids is 2. The van der Waals surface area contributed by atoms with E-state index in [0.29, 0.717) is 23.6 Å². The Kier molecular flexibility index (Phi) is 5.08. The lowest BCUT2D eigenvalue weighted by atomic mass is 10.0. The SMILES string of the molecule is CC(C)CC(=O)c1cccc(NC(=O)C(C)C)c1. The first-order chi connectivity index (χ1) is 8.40. The summed E-state index contributed by atoms with van der Waals surface area (Å²) >= 11 is 0. The second kappa shape index (κ2) is 6.34. The fraction of sp³-hybridized carbons (Fsp3) is 0.467. The lowest BCUT2D eigenvalue weighted by Crippen LogP contribution is -2.18. The maximum absolute atomic E-state index is 11.9. The van der Waals surface area contributed by atoms with E-state index in [1.54, 1.807) is 24.3 Å². The van der Waals surface area contributed by atoms with Crippen LogP contribution in [-0.2, 0) is 4.79 Å². The third-order valence-corrected chi connectivity index (χ3v) is 2.57. The fourth-order valence-electron chi connectivity index (χ4n) is 1.55. The smallest absolute Gasteiger partial charge is 0.226 e. The van der Waals surface area contributed by atoms with Crippen LogP contribution < -0.4 is 5.32 Å². The van der Waals surface area contributed by atoms with Crippen LogP contribution >= 0.6 is 0 Å². The normalized spacial score (nSPS) is 10.8. The number of amides is 1. The molecule has 0 fully saturated rings. The summed E-state index contributed by atoms with van der Waals surface area (Å²) in [5.74, 6) is 0.348. The number of rotatable bonds is 5. The Balaban J connectivity index is 2.79. The highest BCUT2D eigenvalue weighted by molar-refractivity contribution is 5.98. The molecule has 18 heavy (non-hydrogen) atoms. The highest BCUT2D eigenvalue weighted by Gasteiger charge is 2.11. The minimum absolute atomic E-state index is 0.0385. The molecule has 0 spiro atoms. The molecule has 3 heteroatoms. The molecule has 1 N–H and O–H groups in total. The zero-order valence-electron chi connectivity index (χ0n) is 11.5. The van der Waals surface area contributed by atoms with Crippen molar-refractivity contribution >= 4 is 17.4 Å². The molecule has 0 saturated carbocycles. The number of benzene rings is 1. The molecule has 0 radical (unpaired) electrons. The summed E-state index contributed by atoms with van der Waals surface area (Å²) < 4.78 is 0. The van der Waals surface area contributed by atoms with Gasteiger partial charge in [0.1, 0.15) is 0 Å². The first-order valence-corrected chi connectivity index (χ1v) is 6.34. The van der Waals surface area contributed by atoms with Crippen LogP contribution in [0.15, 0.2) is 24.3 Å². The Morgan fingerprint density at radius 3 is 2.39 bits per heavy atom. The van der Waals surface area contributed by atoms with Crippen molar-refractivity contribution in [2.24, 2.45) is 11.8 Å². The molecule has 1 rings (SSSR count). The number of ketones is 1. The van der Waals surface area contributed by atoms with Crippen molar-refractivity contribution in [3.05, 3.63) is 29.8 Å². The van der Waals surface area contributed by atoms with E-state index in [4.69, 9.17) is 0 Å². The van der Waals surface area contributed by atoms with E-state index < -0.39 is 0 Å². The van der Waals surface area contributed by atoms with Gasteiger partial charge < -0.3 is 5.32 Å². The highest BCUT2D eigenvalue weighted by Crippen LogP contribution is 2.15. The van der Waals surface area contributed by atoms with Gasteiger partial charge in [0.05, 0.1) is 0 Å². The van der Waals surface area contributed by atoms with Gasteiger partial charge in [0.15, 0.2) is 5.78 Å². The van der Waals surface area contributed by atoms with Gasteiger partial charge in [0.25, 0.3) is 0 Å². The number of carbonyl (C=O) groups is 2. The minimum Gasteiger partial charge on any atom is -0.326 e. The molecule has 1 aromatic rings. The monoisotopic (exact) mass is 247 g/mol. The molecular weight excluding hydrogens is 226 g/mol. The lowest BCUT2D eigenvalue weighted by molar-refractivity contribution is -0.118. The van der Waals surface area contributed by atoms with Gasteiger partial charge in [-0.25, -0.2) is 0 Å². The van der Waals surface area contributed by atoms with Gasteiger partial charge in [0.2, 0.25) is 5.91 Å². The zero-order valence-corrected chi connectivity index (χ0v) is 11.5. The van der Waals surface area contributed by atoms with Crippen LogP contribution in [0.1, 0.15) is 44.5 Å². The van der Waals surface area contributed by atoms with Crippen LogP contribution in [0.5, 0.6) is 0 Å². The largest absolute Gasteiger partial charge is 0.326 e. The van der Waals surface area contributed by atoms with E-state index in [9.17, 15) is 9.59 Å². The van der Waals surface area contributed by atoms with Gasteiger partial charge in [-0.05, 0) is 18.1 Å². The quantitative estimate of drug-likeness (QED) is 0.809. The second-order valence-corrected chi connectivity index (χ2v) is 5.25. The summed E-state index contributed by atoms with van der Waals surface area (Å²) in [5.41, 5.74) is 1.34. The summed E-state index contributed by atoms with van der Waals surface area (Å²) in [7, 11) is 0. The van der Waals surface area contributed by atoms with Crippen LogP contribution in [0.25, 0.3) is 0 Å². The van der Waals surface area contributed by atoms with Crippen LogP contribution in [0.4, 0.5) is 5.69 Å². The number of Topliss-reactive ketones (excluding diaryl/α,β-unsaturated/α-hetero) is 1. The maximum atomic E-state index is 11.9. The number of hydrogen-bond acceptors (Lipinski definition) is 2. The molecule has 0 aliphatic rings. The van der Waals surface area contributed by atoms with Gasteiger partial charge in [-0.1, -0.05) is 39.8 Å². The molecule has 0 bridgehead atoms. The summed E-state index contributed by atoms with van der Waals surface area (Å²) in [6.07, 6.45) is 0.529. The van der Waals surface area contributed by atoms with E-state index in [1.807, 2.05) is 27.7 Å². The average molecular weight is 247 g/mol.